The Morgan fingerprint density at radius 3 is 2.54 bits per heavy atom. The highest BCUT2D eigenvalue weighted by atomic mass is 16.3. The number of aromatic amines is 1. The number of carbonyl (C=O) groups excluding carboxylic acids is 3. The van der Waals surface area contributed by atoms with Crippen molar-refractivity contribution in [2.24, 2.45) is 5.73 Å². The monoisotopic (exact) mass is 495 g/mol. The van der Waals surface area contributed by atoms with Crippen molar-refractivity contribution in [1.29, 1.82) is 0 Å². The lowest BCUT2D eigenvalue weighted by molar-refractivity contribution is -0.124. The largest absolute Gasteiger partial charge is 0.383 e. The second-order valence-corrected chi connectivity index (χ2v) is 8.81. The molecule has 3 amide bonds. The molecule has 2 aromatic carbocycles. The van der Waals surface area contributed by atoms with Crippen LogP contribution in [0.3, 0.4) is 0 Å². The van der Waals surface area contributed by atoms with Crippen LogP contribution in [0.2, 0.25) is 0 Å². The van der Waals surface area contributed by atoms with E-state index in [0.717, 1.165) is 22.1 Å². The molecule has 0 radical (unpaired) electrons. The number of amides is 3. The molecule has 1 atom stereocenters. The molecule has 3 heterocycles. The first-order chi connectivity index (χ1) is 17.9. The number of fused-ring (bicyclic) bond motifs is 1. The van der Waals surface area contributed by atoms with E-state index in [2.05, 4.69) is 15.3 Å². The minimum absolute atomic E-state index is 0.133. The van der Waals surface area contributed by atoms with E-state index in [1.54, 1.807) is 47.5 Å². The van der Waals surface area contributed by atoms with Gasteiger partial charge in [0, 0.05) is 41.4 Å². The Kier molecular flexibility index (Phi) is 6.53. The van der Waals surface area contributed by atoms with Crippen molar-refractivity contribution in [2.75, 3.05) is 16.8 Å². The van der Waals surface area contributed by atoms with E-state index in [-0.39, 0.29) is 18.2 Å². The zero-order valence-electron chi connectivity index (χ0n) is 19.8. The molecule has 37 heavy (non-hydrogen) atoms. The van der Waals surface area contributed by atoms with Crippen LogP contribution >= 0.6 is 0 Å². The number of nitrogens with two attached hydrogens (primary N) is 1. The van der Waals surface area contributed by atoms with E-state index < -0.39 is 12.0 Å². The Balaban J connectivity index is 1.27. The SMILES string of the molecule is NC(=O)/C(=C/c1c[nH]c2nc(NC(=O)Cc3ccc(N4CCC(O)C4=O)cc3)ccc12)c1ccccc1. The van der Waals surface area contributed by atoms with Gasteiger partial charge in [-0.25, -0.2) is 4.98 Å². The van der Waals surface area contributed by atoms with Gasteiger partial charge in [0.1, 0.15) is 17.6 Å². The highest BCUT2D eigenvalue weighted by molar-refractivity contribution is 6.24. The van der Waals surface area contributed by atoms with Crippen LogP contribution in [0.15, 0.2) is 72.9 Å². The molecule has 0 saturated carbocycles. The second-order valence-electron chi connectivity index (χ2n) is 8.81. The van der Waals surface area contributed by atoms with Crippen molar-refractivity contribution in [2.45, 2.75) is 18.9 Å². The molecule has 0 aliphatic carbocycles. The molecular weight excluding hydrogens is 470 g/mol. The number of primary amides is 1. The van der Waals surface area contributed by atoms with Gasteiger partial charge in [0.15, 0.2) is 0 Å². The molecule has 0 bridgehead atoms. The molecule has 9 heteroatoms. The van der Waals surface area contributed by atoms with Gasteiger partial charge in [0.05, 0.1) is 6.42 Å². The van der Waals surface area contributed by atoms with Crippen molar-refractivity contribution in [3.63, 3.8) is 0 Å². The van der Waals surface area contributed by atoms with Crippen LogP contribution in [0.25, 0.3) is 22.7 Å². The normalized spacial score (nSPS) is 15.8. The number of hydrogen-bond donors (Lipinski definition) is 4. The maximum absolute atomic E-state index is 12.6. The van der Waals surface area contributed by atoms with Gasteiger partial charge in [0.2, 0.25) is 11.8 Å². The Labute approximate surface area is 212 Å². The lowest BCUT2D eigenvalue weighted by Gasteiger charge is -2.16. The van der Waals surface area contributed by atoms with Crippen LogP contribution in [0.4, 0.5) is 11.5 Å². The van der Waals surface area contributed by atoms with Crippen LogP contribution in [-0.2, 0) is 20.8 Å². The van der Waals surface area contributed by atoms with E-state index in [1.807, 2.05) is 36.4 Å². The van der Waals surface area contributed by atoms with Crippen LogP contribution < -0.4 is 16.0 Å². The zero-order chi connectivity index (χ0) is 25.9. The third-order valence-electron chi connectivity index (χ3n) is 6.28. The van der Waals surface area contributed by atoms with Gasteiger partial charge >= 0.3 is 0 Å². The number of H-pyrrole nitrogens is 1. The summed E-state index contributed by atoms with van der Waals surface area (Å²) in [5.41, 5.74) is 9.51. The fourth-order valence-electron chi connectivity index (χ4n) is 4.37. The number of rotatable bonds is 7. The molecule has 5 N–H and O–H groups in total. The minimum Gasteiger partial charge on any atom is -0.383 e. The van der Waals surface area contributed by atoms with E-state index in [4.69, 9.17) is 5.73 Å². The fourth-order valence-corrected chi connectivity index (χ4v) is 4.37. The first kappa shape index (κ1) is 24.0. The summed E-state index contributed by atoms with van der Waals surface area (Å²) in [6.07, 6.45) is 3.06. The Morgan fingerprint density at radius 2 is 1.86 bits per heavy atom. The average Bonchev–Trinajstić information content (AvgIpc) is 3.45. The topological polar surface area (TPSA) is 141 Å². The molecule has 1 unspecified atom stereocenters. The third kappa shape index (κ3) is 5.12. The quantitative estimate of drug-likeness (QED) is 0.292. The summed E-state index contributed by atoms with van der Waals surface area (Å²) in [5.74, 6) is -0.684. The lowest BCUT2D eigenvalue weighted by atomic mass is 10.0. The molecule has 9 nitrogen and oxygen atoms in total. The van der Waals surface area contributed by atoms with E-state index >= 15 is 0 Å². The van der Waals surface area contributed by atoms with Crippen molar-refractivity contribution < 1.29 is 19.5 Å². The summed E-state index contributed by atoms with van der Waals surface area (Å²) in [5, 5.41) is 13.2. The summed E-state index contributed by atoms with van der Waals surface area (Å²) >= 11 is 0. The van der Waals surface area contributed by atoms with Crippen molar-refractivity contribution in [1.82, 2.24) is 9.97 Å². The summed E-state index contributed by atoms with van der Waals surface area (Å²) < 4.78 is 0. The smallest absolute Gasteiger partial charge is 0.255 e. The lowest BCUT2D eigenvalue weighted by Crippen LogP contribution is -2.29. The number of aliphatic hydroxyl groups excluding tert-OH is 1. The molecule has 1 aliphatic rings. The van der Waals surface area contributed by atoms with E-state index in [1.165, 1.54) is 0 Å². The van der Waals surface area contributed by atoms with Gasteiger partial charge in [-0.3, -0.25) is 14.4 Å². The molecule has 5 rings (SSSR count). The molecule has 186 valence electrons. The van der Waals surface area contributed by atoms with Gasteiger partial charge < -0.3 is 26.0 Å². The van der Waals surface area contributed by atoms with Crippen LogP contribution in [0.5, 0.6) is 0 Å². The molecule has 4 aromatic rings. The maximum atomic E-state index is 12.6. The van der Waals surface area contributed by atoms with E-state index in [0.29, 0.717) is 35.7 Å². The zero-order valence-corrected chi connectivity index (χ0v) is 19.8. The second kappa shape index (κ2) is 10.1. The van der Waals surface area contributed by atoms with Gasteiger partial charge in [-0.1, -0.05) is 42.5 Å². The maximum Gasteiger partial charge on any atom is 0.255 e. The predicted octanol–water partition coefficient (Wildman–Crippen LogP) is 2.87. The van der Waals surface area contributed by atoms with Gasteiger partial charge in [-0.15, -0.1) is 0 Å². The number of aliphatic hydroxyl groups is 1. The summed E-state index contributed by atoms with van der Waals surface area (Å²) in [6, 6.07) is 19.8. The molecule has 1 fully saturated rings. The fraction of sp³-hybridized carbons (Fsp3) is 0.143. The van der Waals surface area contributed by atoms with Gasteiger partial charge in [0.25, 0.3) is 5.91 Å². The van der Waals surface area contributed by atoms with Crippen LogP contribution in [-0.4, -0.2) is 45.4 Å². The number of aromatic nitrogens is 2. The molecular formula is C28H25N5O4. The van der Waals surface area contributed by atoms with Crippen molar-refractivity contribution in [3.8, 4) is 0 Å². The predicted molar refractivity (Wildman–Crippen MR) is 141 cm³/mol. The highest BCUT2D eigenvalue weighted by Crippen LogP contribution is 2.25. The Bertz CT molecular complexity index is 1510. The molecule has 2 aromatic heterocycles. The first-order valence-electron chi connectivity index (χ1n) is 11.8. The van der Waals surface area contributed by atoms with Crippen LogP contribution in [0, 0.1) is 0 Å². The van der Waals surface area contributed by atoms with Gasteiger partial charge in [-0.05, 0) is 41.5 Å². The number of carbonyl (C=O) groups is 3. The third-order valence-corrected chi connectivity index (χ3v) is 6.28. The first-order valence-corrected chi connectivity index (χ1v) is 11.8. The van der Waals surface area contributed by atoms with Gasteiger partial charge in [-0.2, -0.15) is 0 Å². The summed E-state index contributed by atoms with van der Waals surface area (Å²) in [4.78, 5) is 45.8. The average molecular weight is 496 g/mol. The number of hydrogen-bond acceptors (Lipinski definition) is 5. The Hall–Kier alpha value is -4.76. The van der Waals surface area contributed by atoms with Crippen LogP contribution in [0.1, 0.15) is 23.1 Å². The standard InChI is InChI=1S/C28H25N5O4/c29-26(36)22(18-4-2-1-3-5-18)15-19-16-30-27-21(19)10-11-24(32-27)31-25(35)14-17-6-8-20(9-7-17)33-13-12-23(34)28(33)37/h1-11,15-16,23,34H,12-14H2,(H2,29,36)(H2,30,31,32,35)/b22-15+. The number of anilines is 2. The van der Waals surface area contributed by atoms with Crippen molar-refractivity contribution >= 4 is 51.9 Å². The molecule has 0 spiro atoms. The summed E-state index contributed by atoms with van der Waals surface area (Å²) in [6.45, 7) is 0.473. The highest BCUT2D eigenvalue weighted by Gasteiger charge is 2.30. The number of nitrogens with zero attached hydrogens (tertiary/aromatic N) is 2. The summed E-state index contributed by atoms with van der Waals surface area (Å²) in [7, 11) is 0. The Morgan fingerprint density at radius 1 is 1.11 bits per heavy atom. The van der Waals surface area contributed by atoms with E-state index in [9.17, 15) is 19.5 Å². The molecule has 1 aliphatic heterocycles. The minimum atomic E-state index is -0.948. The number of nitrogens with one attached hydrogen (secondary N) is 2. The van der Waals surface area contributed by atoms with Crippen molar-refractivity contribution in [3.05, 3.63) is 89.6 Å². The number of benzene rings is 2. The number of pyridine rings is 1. The molecule has 1 saturated heterocycles.